The molecule has 3 aromatic rings. The van der Waals surface area contributed by atoms with Crippen LogP contribution in [-0.2, 0) is 22.7 Å². The molecule has 1 N–H and O–H groups in total. The van der Waals surface area contributed by atoms with Gasteiger partial charge < -0.3 is 4.57 Å². The van der Waals surface area contributed by atoms with Gasteiger partial charge in [-0.3, -0.25) is 4.79 Å². The van der Waals surface area contributed by atoms with E-state index < -0.39 is 9.73 Å². The van der Waals surface area contributed by atoms with Crippen LogP contribution in [-0.4, -0.2) is 29.6 Å². The molecule has 7 nitrogen and oxygen atoms in total. The lowest BCUT2D eigenvalue weighted by molar-refractivity contribution is 0.678. The second kappa shape index (κ2) is 6.68. The van der Waals surface area contributed by atoms with Crippen molar-refractivity contribution in [2.75, 3.05) is 6.26 Å². The monoisotopic (exact) mass is 373 g/mol. The Bertz CT molecular complexity index is 1110. The summed E-state index contributed by atoms with van der Waals surface area (Å²) in [6, 6.07) is 7.14. The van der Waals surface area contributed by atoms with Crippen LogP contribution >= 0.6 is 0 Å². The number of aromatic nitrogens is 4. The van der Waals surface area contributed by atoms with E-state index in [2.05, 4.69) is 10.1 Å². The minimum atomic E-state index is -2.73. The summed E-state index contributed by atoms with van der Waals surface area (Å²) < 4.78 is 22.8. The van der Waals surface area contributed by atoms with Gasteiger partial charge in [-0.15, -0.1) is 5.10 Å². The zero-order valence-corrected chi connectivity index (χ0v) is 16.2. The number of fused-ring (bicyclic) bond motifs is 1. The van der Waals surface area contributed by atoms with E-state index in [1.807, 2.05) is 43.7 Å². The van der Waals surface area contributed by atoms with Crippen molar-refractivity contribution in [3.63, 3.8) is 0 Å². The average Bonchev–Trinajstić information content (AvgIpc) is 3.02. The van der Waals surface area contributed by atoms with E-state index in [0.717, 1.165) is 5.56 Å². The molecule has 0 saturated heterocycles. The highest BCUT2D eigenvalue weighted by atomic mass is 32.2. The SMILES string of the molecule is CCc1nc2n(Cc3ccc(S(C)(=N)=O)cc3)cc(C(C)C)c(=O)n2n1. The Kier molecular flexibility index (Phi) is 4.70. The van der Waals surface area contributed by atoms with Crippen molar-refractivity contribution in [3.05, 3.63) is 57.8 Å². The quantitative estimate of drug-likeness (QED) is 0.744. The van der Waals surface area contributed by atoms with Crippen molar-refractivity contribution >= 4 is 15.5 Å². The van der Waals surface area contributed by atoms with Crippen molar-refractivity contribution in [1.29, 1.82) is 4.78 Å². The molecular weight excluding hydrogens is 350 g/mol. The molecule has 0 amide bonds. The standard InChI is InChI=1S/C18H23N5O2S/c1-5-16-20-18-22(11-15(12(2)3)17(24)23(18)21-16)10-13-6-8-14(9-7-13)26(4,19)25/h6-9,11-12,19H,5,10H2,1-4H3. The van der Waals surface area contributed by atoms with E-state index in [9.17, 15) is 9.00 Å². The Hall–Kier alpha value is -2.48. The van der Waals surface area contributed by atoms with Gasteiger partial charge in [0.15, 0.2) is 5.82 Å². The van der Waals surface area contributed by atoms with Crippen molar-refractivity contribution in [1.82, 2.24) is 19.2 Å². The number of hydrogen-bond acceptors (Lipinski definition) is 5. The molecule has 8 heteroatoms. The smallest absolute Gasteiger partial charge is 0.279 e. The largest absolute Gasteiger partial charge is 0.312 e. The maximum atomic E-state index is 12.7. The van der Waals surface area contributed by atoms with Gasteiger partial charge in [0.1, 0.15) is 0 Å². The first-order valence-corrected chi connectivity index (χ1v) is 10.5. The maximum absolute atomic E-state index is 12.7. The summed E-state index contributed by atoms with van der Waals surface area (Å²) in [7, 11) is -2.73. The number of benzene rings is 1. The van der Waals surface area contributed by atoms with Gasteiger partial charge in [-0.2, -0.15) is 9.50 Å². The Morgan fingerprint density at radius 2 is 1.88 bits per heavy atom. The molecule has 0 radical (unpaired) electrons. The summed E-state index contributed by atoms with van der Waals surface area (Å²) >= 11 is 0. The molecule has 0 bridgehead atoms. The molecule has 26 heavy (non-hydrogen) atoms. The van der Waals surface area contributed by atoms with Gasteiger partial charge in [0, 0.05) is 29.3 Å². The molecule has 2 heterocycles. The first-order chi connectivity index (χ1) is 12.2. The number of aryl methyl sites for hydroxylation is 1. The fourth-order valence-corrected chi connectivity index (χ4v) is 3.44. The van der Waals surface area contributed by atoms with Gasteiger partial charge in [-0.1, -0.05) is 32.9 Å². The molecule has 0 saturated carbocycles. The Balaban J connectivity index is 2.10. The van der Waals surface area contributed by atoms with Crippen LogP contribution in [0, 0.1) is 4.78 Å². The van der Waals surface area contributed by atoms with E-state index in [1.165, 1.54) is 10.8 Å². The molecule has 0 aliphatic rings. The predicted molar refractivity (Wildman–Crippen MR) is 101 cm³/mol. The highest BCUT2D eigenvalue weighted by molar-refractivity contribution is 7.91. The molecule has 1 unspecified atom stereocenters. The van der Waals surface area contributed by atoms with Gasteiger partial charge >= 0.3 is 0 Å². The first-order valence-electron chi connectivity index (χ1n) is 8.52. The van der Waals surface area contributed by atoms with Crippen LogP contribution in [0.5, 0.6) is 0 Å². The zero-order valence-electron chi connectivity index (χ0n) is 15.4. The summed E-state index contributed by atoms with van der Waals surface area (Å²) in [4.78, 5) is 17.6. The highest BCUT2D eigenvalue weighted by Gasteiger charge is 2.15. The molecular formula is C18H23N5O2S. The topological polar surface area (TPSA) is 93.1 Å². The van der Waals surface area contributed by atoms with Crippen LogP contribution in [0.1, 0.15) is 43.6 Å². The molecule has 0 fully saturated rings. The van der Waals surface area contributed by atoms with Crippen molar-refractivity contribution < 1.29 is 4.21 Å². The molecule has 0 aliphatic carbocycles. The van der Waals surface area contributed by atoms with E-state index in [4.69, 9.17) is 4.78 Å². The number of nitrogens with one attached hydrogen (secondary N) is 1. The summed E-state index contributed by atoms with van der Waals surface area (Å²) in [5.74, 6) is 1.22. The van der Waals surface area contributed by atoms with Crippen LogP contribution in [0.25, 0.3) is 5.78 Å². The van der Waals surface area contributed by atoms with E-state index in [-0.39, 0.29) is 11.5 Å². The summed E-state index contributed by atoms with van der Waals surface area (Å²) in [6.45, 7) is 6.42. The number of rotatable bonds is 5. The van der Waals surface area contributed by atoms with Crippen molar-refractivity contribution in [3.8, 4) is 0 Å². The second-order valence-corrected chi connectivity index (χ2v) is 8.91. The third kappa shape index (κ3) is 3.41. The van der Waals surface area contributed by atoms with Crippen LogP contribution in [0.15, 0.2) is 40.2 Å². The van der Waals surface area contributed by atoms with Gasteiger partial charge in [-0.05, 0) is 23.6 Å². The normalized spacial score (nSPS) is 14.0. The van der Waals surface area contributed by atoms with Gasteiger partial charge in [-0.25, -0.2) is 8.99 Å². The third-order valence-electron chi connectivity index (χ3n) is 4.29. The number of hydrogen-bond donors (Lipinski definition) is 1. The maximum Gasteiger partial charge on any atom is 0.279 e. The summed E-state index contributed by atoms with van der Waals surface area (Å²) in [5.41, 5.74) is 1.52. The summed E-state index contributed by atoms with van der Waals surface area (Å²) in [5, 5.41) is 4.33. The predicted octanol–water partition coefficient (Wildman–Crippen LogP) is 2.66. The van der Waals surface area contributed by atoms with E-state index in [0.29, 0.717) is 35.0 Å². The molecule has 2 aromatic heterocycles. The molecule has 1 aromatic carbocycles. The average molecular weight is 373 g/mol. The van der Waals surface area contributed by atoms with Crippen LogP contribution in [0.4, 0.5) is 0 Å². The van der Waals surface area contributed by atoms with Crippen molar-refractivity contribution in [2.24, 2.45) is 0 Å². The third-order valence-corrected chi connectivity index (χ3v) is 5.46. The second-order valence-electron chi connectivity index (χ2n) is 6.75. The minimum Gasteiger partial charge on any atom is -0.312 e. The Morgan fingerprint density at radius 3 is 2.42 bits per heavy atom. The Labute approximate surface area is 152 Å². The molecule has 138 valence electrons. The van der Waals surface area contributed by atoms with Gasteiger partial charge in [0.2, 0.25) is 5.78 Å². The lowest BCUT2D eigenvalue weighted by Gasteiger charge is -2.12. The van der Waals surface area contributed by atoms with Crippen LogP contribution in [0.2, 0.25) is 0 Å². The van der Waals surface area contributed by atoms with E-state index in [1.54, 1.807) is 12.1 Å². The molecule has 3 rings (SSSR count). The first kappa shape index (κ1) is 18.3. The zero-order chi connectivity index (χ0) is 19.1. The lowest BCUT2D eigenvalue weighted by Crippen LogP contribution is -2.24. The fraction of sp³-hybridized carbons (Fsp3) is 0.389. The van der Waals surface area contributed by atoms with E-state index >= 15 is 0 Å². The van der Waals surface area contributed by atoms with Crippen LogP contribution < -0.4 is 5.56 Å². The minimum absolute atomic E-state index is 0.0721. The molecule has 0 spiro atoms. The van der Waals surface area contributed by atoms with Gasteiger partial charge in [0.05, 0.1) is 16.3 Å². The van der Waals surface area contributed by atoms with Crippen LogP contribution in [0.3, 0.4) is 0 Å². The van der Waals surface area contributed by atoms with Crippen molar-refractivity contribution in [2.45, 2.75) is 44.6 Å². The molecule has 1 atom stereocenters. The fourth-order valence-electron chi connectivity index (χ4n) is 2.78. The number of nitrogens with zero attached hydrogens (tertiary/aromatic N) is 4. The lowest BCUT2D eigenvalue weighted by atomic mass is 10.1. The van der Waals surface area contributed by atoms with Gasteiger partial charge in [0.25, 0.3) is 5.56 Å². The summed E-state index contributed by atoms with van der Waals surface area (Å²) in [6.07, 6.45) is 3.91. The Morgan fingerprint density at radius 1 is 1.23 bits per heavy atom. The molecule has 0 aliphatic heterocycles. The highest BCUT2D eigenvalue weighted by Crippen LogP contribution is 2.15.